The highest BCUT2D eigenvalue weighted by Crippen LogP contribution is 2.48. The predicted octanol–water partition coefficient (Wildman–Crippen LogP) is 2.08. The first-order valence-corrected chi connectivity index (χ1v) is 6.75. The molecule has 5 heteroatoms. The molecule has 0 bridgehead atoms. The zero-order valence-electron chi connectivity index (χ0n) is 10.2. The molecule has 3 aliphatic rings. The van der Waals surface area contributed by atoms with E-state index in [1.165, 1.54) is 0 Å². The largest absolute Gasteiger partial charge is 0.449 e. The summed E-state index contributed by atoms with van der Waals surface area (Å²) in [7, 11) is 0. The van der Waals surface area contributed by atoms with Gasteiger partial charge in [-0.05, 0) is 30.8 Å². The number of allylic oxidation sites excluding steroid dienone is 2. The lowest BCUT2D eigenvalue weighted by atomic mass is 9.80. The van der Waals surface area contributed by atoms with E-state index in [0.717, 1.165) is 35.4 Å². The summed E-state index contributed by atoms with van der Waals surface area (Å²) in [5, 5.41) is 0.416. The molecule has 0 amide bonds. The molecule has 2 aliphatic heterocycles. The van der Waals surface area contributed by atoms with Crippen LogP contribution >= 0.6 is 12.2 Å². The molecular weight excluding hydrogens is 260 g/mol. The Kier molecular flexibility index (Phi) is 2.07. The molecule has 0 fully saturated rings. The third-order valence-electron chi connectivity index (χ3n) is 4.03. The third kappa shape index (κ3) is 1.28. The van der Waals surface area contributed by atoms with Crippen molar-refractivity contribution >= 4 is 28.9 Å². The van der Waals surface area contributed by atoms with Crippen LogP contribution in [0.25, 0.3) is 5.82 Å². The average Bonchev–Trinajstić information content (AvgIpc) is 2.93. The molecule has 3 heterocycles. The maximum atomic E-state index is 12.3. The summed E-state index contributed by atoms with van der Waals surface area (Å²) < 4.78 is 7.58. The zero-order chi connectivity index (χ0) is 13.1. The molecule has 0 saturated heterocycles. The van der Waals surface area contributed by atoms with Gasteiger partial charge in [0.1, 0.15) is 11.6 Å². The summed E-state index contributed by atoms with van der Waals surface area (Å²) in [5.74, 6) is 1.37. The maximum absolute atomic E-state index is 12.3. The number of hydrogen-bond acceptors (Lipinski definition) is 4. The molecule has 4 rings (SSSR count). The highest BCUT2D eigenvalue weighted by molar-refractivity contribution is 7.80. The highest BCUT2D eigenvalue weighted by Gasteiger charge is 2.44. The summed E-state index contributed by atoms with van der Waals surface area (Å²) in [5.41, 5.74) is 8.70. The number of fused-ring (bicyclic) bond motifs is 4. The fourth-order valence-electron chi connectivity index (χ4n) is 3.22. The minimum atomic E-state index is -0.126. The number of nitrogens with two attached hydrogens (primary N) is 1. The Morgan fingerprint density at radius 2 is 2.21 bits per heavy atom. The molecule has 0 spiro atoms. The summed E-state index contributed by atoms with van der Waals surface area (Å²) in [6.07, 6.45) is 4.10. The van der Waals surface area contributed by atoms with Gasteiger partial charge in [0.15, 0.2) is 10.8 Å². The Bertz CT molecular complexity index is 696. The van der Waals surface area contributed by atoms with Crippen LogP contribution < -0.4 is 5.73 Å². The summed E-state index contributed by atoms with van der Waals surface area (Å²) >= 11 is 5.32. The van der Waals surface area contributed by atoms with Crippen molar-refractivity contribution in [3.63, 3.8) is 0 Å². The van der Waals surface area contributed by atoms with Crippen molar-refractivity contribution in [2.45, 2.75) is 25.2 Å². The van der Waals surface area contributed by atoms with Gasteiger partial charge in [-0.25, -0.2) is 0 Å². The fourth-order valence-corrected chi connectivity index (χ4v) is 3.54. The number of nitrogens with zero attached hydrogens (tertiary/aromatic N) is 1. The maximum Gasteiger partial charge on any atom is 0.198 e. The van der Waals surface area contributed by atoms with Gasteiger partial charge < -0.3 is 15.0 Å². The van der Waals surface area contributed by atoms with Crippen LogP contribution in [0.4, 0.5) is 0 Å². The number of carbonyl (C=O) groups excluding carboxylic acids is 1. The van der Waals surface area contributed by atoms with Crippen molar-refractivity contribution in [2.75, 3.05) is 0 Å². The lowest BCUT2D eigenvalue weighted by Crippen LogP contribution is -2.28. The topological polar surface area (TPSA) is 57.2 Å². The van der Waals surface area contributed by atoms with Gasteiger partial charge in [0, 0.05) is 30.3 Å². The average molecular weight is 272 g/mol. The second-order valence-electron chi connectivity index (χ2n) is 5.04. The van der Waals surface area contributed by atoms with Crippen molar-refractivity contribution in [1.82, 2.24) is 4.57 Å². The van der Waals surface area contributed by atoms with E-state index < -0.39 is 0 Å². The van der Waals surface area contributed by atoms with E-state index in [9.17, 15) is 4.79 Å². The molecule has 1 aromatic heterocycles. The van der Waals surface area contributed by atoms with E-state index in [2.05, 4.69) is 0 Å². The van der Waals surface area contributed by atoms with Gasteiger partial charge in [0.05, 0.1) is 11.5 Å². The zero-order valence-corrected chi connectivity index (χ0v) is 11.0. The Morgan fingerprint density at radius 1 is 1.37 bits per heavy atom. The molecule has 2 N–H and O–H groups in total. The second-order valence-corrected chi connectivity index (χ2v) is 5.41. The van der Waals surface area contributed by atoms with Crippen LogP contribution in [-0.4, -0.2) is 15.4 Å². The number of ketones is 1. The van der Waals surface area contributed by atoms with Gasteiger partial charge in [-0.3, -0.25) is 4.79 Å². The van der Waals surface area contributed by atoms with Crippen molar-refractivity contribution in [1.29, 1.82) is 0 Å². The van der Waals surface area contributed by atoms with Crippen LogP contribution in [0.1, 0.15) is 30.9 Å². The summed E-state index contributed by atoms with van der Waals surface area (Å²) in [6, 6.07) is 3.93. The van der Waals surface area contributed by atoms with E-state index in [0.29, 0.717) is 17.3 Å². The molecule has 1 aromatic rings. The van der Waals surface area contributed by atoms with Crippen LogP contribution in [0.5, 0.6) is 0 Å². The van der Waals surface area contributed by atoms with E-state index in [1.54, 1.807) is 0 Å². The standard InChI is InChI=1S/C14H12N2O2S/c15-13-12-10(7-3-2-6-16(7)13)11-8(17)4-1-5-9(11)18-14(12)19/h2-3,6,10H,1,4-5,15H2. The molecule has 1 atom stereocenters. The number of Topliss-reactive ketones (excluding diaryl/α,β-unsaturated/α-hetero) is 1. The van der Waals surface area contributed by atoms with E-state index in [-0.39, 0.29) is 11.7 Å². The van der Waals surface area contributed by atoms with Gasteiger partial charge in [-0.1, -0.05) is 0 Å². The first-order chi connectivity index (χ1) is 9.18. The van der Waals surface area contributed by atoms with Gasteiger partial charge in [-0.15, -0.1) is 0 Å². The number of rotatable bonds is 0. The first kappa shape index (κ1) is 11.0. The van der Waals surface area contributed by atoms with Gasteiger partial charge in [-0.2, -0.15) is 0 Å². The molecule has 1 unspecified atom stereocenters. The van der Waals surface area contributed by atoms with Crippen LogP contribution in [0.3, 0.4) is 0 Å². The molecule has 1 aliphatic carbocycles. The van der Waals surface area contributed by atoms with E-state index in [1.807, 2.05) is 22.9 Å². The van der Waals surface area contributed by atoms with Gasteiger partial charge in [0.25, 0.3) is 0 Å². The van der Waals surface area contributed by atoms with Crippen molar-refractivity contribution < 1.29 is 9.53 Å². The number of hydrogen-bond donors (Lipinski definition) is 1. The number of carbonyl (C=O) groups is 1. The normalized spacial score (nSPS) is 25.2. The van der Waals surface area contributed by atoms with Crippen LogP contribution in [-0.2, 0) is 9.53 Å². The first-order valence-electron chi connectivity index (χ1n) is 6.34. The highest BCUT2D eigenvalue weighted by atomic mass is 32.1. The van der Waals surface area contributed by atoms with Crippen molar-refractivity contribution in [3.8, 4) is 0 Å². The second kappa shape index (κ2) is 3.57. The molecule has 0 aromatic carbocycles. The quantitative estimate of drug-likeness (QED) is 0.735. The fraction of sp³-hybridized carbons (Fsp3) is 0.286. The van der Waals surface area contributed by atoms with E-state index >= 15 is 0 Å². The number of ether oxygens (including phenoxy) is 1. The number of thiocarbonyl (C=S) groups is 1. The lowest BCUT2D eigenvalue weighted by molar-refractivity contribution is -0.116. The van der Waals surface area contributed by atoms with Crippen LogP contribution in [0, 0.1) is 0 Å². The summed E-state index contributed by atoms with van der Waals surface area (Å²) in [6.45, 7) is 0. The minimum Gasteiger partial charge on any atom is -0.449 e. The minimum absolute atomic E-state index is 0.126. The van der Waals surface area contributed by atoms with Gasteiger partial charge in [0.2, 0.25) is 0 Å². The monoisotopic (exact) mass is 272 g/mol. The summed E-state index contributed by atoms with van der Waals surface area (Å²) in [4.78, 5) is 12.3. The van der Waals surface area contributed by atoms with Crippen LogP contribution in [0.15, 0.2) is 35.2 Å². The molecule has 96 valence electrons. The SMILES string of the molecule is NC1=C2C(=S)OC3=C(C(=O)CCC3)C2c2cccn21. The molecule has 0 saturated carbocycles. The third-order valence-corrected chi connectivity index (χ3v) is 4.34. The molecule has 4 nitrogen and oxygen atoms in total. The van der Waals surface area contributed by atoms with Gasteiger partial charge >= 0.3 is 0 Å². The predicted molar refractivity (Wildman–Crippen MR) is 74.1 cm³/mol. The molecule has 0 radical (unpaired) electrons. The lowest BCUT2D eigenvalue weighted by Gasteiger charge is -2.30. The van der Waals surface area contributed by atoms with Crippen LogP contribution in [0.2, 0.25) is 0 Å². The van der Waals surface area contributed by atoms with Crippen molar-refractivity contribution in [3.05, 3.63) is 40.9 Å². The Balaban J connectivity index is 2.01. The molecular formula is C14H12N2O2S. The number of aromatic nitrogens is 1. The van der Waals surface area contributed by atoms with E-state index in [4.69, 9.17) is 22.7 Å². The smallest absolute Gasteiger partial charge is 0.198 e. The Hall–Kier alpha value is -1.88. The molecule has 19 heavy (non-hydrogen) atoms. The Labute approximate surface area is 115 Å². The Morgan fingerprint density at radius 3 is 3.05 bits per heavy atom. The van der Waals surface area contributed by atoms with Crippen molar-refractivity contribution in [2.24, 2.45) is 5.73 Å².